The van der Waals surface area contributed by atoms with E-state index in [0.29, 0.717) is 12.1 Å². The van der Waals surface area contributed by atoms with Crippen LogP contribution in [-0.2, 0) is 9.53 Å². The maximum absolute atomic E-state index is 12.2. The number of likely N-dealkylation sites (N-methyl/N-ethyl adjacent to an activating group) is 1. The van der Waals surface area contributed by atoms with Crippen molar-refractivity contribution in [2.45, 2.75) is 31.8 Å². The van der Waals surface area contributed by atoms with Gasteiger partial charge in [0.2, 0.25) is 0 Å². The summed E-state index contributed by atoms with van der Waals surface area (Å²) in [4.78, 5) is 16.9. The Morgan fingerprint density at radius 3 is 2.33 bits per heavy atom. The number of nitrogens with zero attached hydrogens (tertiary/aromatic N) is 2. The molecule has 0 spiro atoms. The van der Waals surface area contributed by atoms with Gasteiger partial charge in [0.1, 0.15) is 0 Å². The number of carbonyl (C=O) groups is 1. The number of carbonyl (C=O) groups excluding carboxylic acids is 1. The standard InChI is InChI=1S/C17H26N2O2/c1-13-10-19(11-14(2)18(13)3)12-16(17(20)21-4)15-8-6-5-7-9-15/h5-9,13-14,16H,10-12H2,1-4H3. The number of hydrogen-bond acceptors (Lipinski definition) is 4. The summed E-state index contributed by atoms with van der Waals surface area (Å²) in [6, 6.07) is 10.9. The van der Waals surface area contributed by atoms with Crippen LogP contribution in [0.4, 0.5) is 0 Å². The van der Waals surface area contributed by atoms with E-state index < -0.39 is 0 Å². The van der Waals surface area contributed by atoms with Crippen molar-refractivity contribution < 1.29 is 9.53 Å². The molecule has 21 heavy (non-hydrogen) atoms. The van der Waals surface area contributed by atoms with Crippen molar-refractivity contribution in [1.82, 2.24) is 9.80 Å². The van der Waals surface area contributed by atoms with Crippen LogP contribution in [0, 0.1) is 0 Å². The second kappa shape index (κ2) is 7.05. The van der Waals surface area contributed by atoms with E-state index in [1.54, 1.807) is 0 Å². The highest BCUT2D eigenvalue weighted by atomic mass is 16.5. The SMILES string of the molecule is COC(=O)C(CN1CC(C)N(C)C(C)C1)c1ccccc1. The molecule has 2 rings (SSSR count). The highest BCUT2D eigenvalue weighted by molar-refractivity contribution is 5.78. The van der Waals surface area contributed by atoms with E-state index in [4.69, 9.17) is 4.74 Å². The molecule has 4 heteroatoms. The van der Waals surface area contributed by atoms with Crippen LogP contribution in [0.25, 0.3) is 0 Å². The van der Waals surface area contributed by atoms with Gasteiger partial charge in [-0.25, -0.2) is 0 Å². The van der Waals surface area contributed by atoms with E-state index in [1.807, 2.05) is 30.3 Å². The van der Waals surface area contributed by atoms with E-state index in [9.17, 15) is 4.79 Å². The van der Waals surface area contributed by atoms with Crippen molar-refractivity contribution in [1.29, 1.82) is 0 Å². The zero-order valence-electron chi connectivity index (χ0n) is 13.5. The molecule has 0 amide bonds. The van der Waals surface area contributed by atoms with Crippen LogP contribution in [-0.4, -0.2) is 61.6 Å². The van der Waals surface area contributed by atoms with E-state index >= 15 is 0 Å². The normalized spacial score (nSPS) is 25.5. The van der Waals surface area contributed by atoms with E-state index in [1.165, 1.54) is 7.11 Å². The maximum Gasteiger partial charge on any atom is 0.314 e. The van der Waals surface area contributed by atoms with Gasteiger partial charge in [0, 0.05) is 31.7 Å². The van der Waals surface area contributed by atoms with Crippen LogP contribution in [0.1, 0.15) is 25.3 Å². The van der Waals surface area contributed by atoms with Crippen LogP contribution < -0.4 is 0 Å². The second-order valence-corrected chi connectivity index (χ2v) is 6.07. The average molecular weight is 290 g/mol. The Morgan fingerprint density at radius 1 is 1.24 bits per heavy atom. The summed E-state index contributed by atoms with van der Waals surface area (Å²) in [7, 11) is 3.63. The van der Waals surface area contributed by atoms with E-state index in [2.05, 4.69) is 30.7 Å². The first-order chi connectivity index (χ1) is 10.0. The van der Waals surface area contributed by atoms with Gasteiger partial charge in [-0.1, -0.05) is 30.3 Å². The molecule has 1 aromatic rings. The van der Waals surface area contributed by atoms with Gasteiger partial charge >= 0.3 is 5.97 Å². The lowest BCUT2D eigenvalue weighted by atomic mass is 9.97. The van der Waals surface area contributed by atoms with Crippen molar-refractivity contribution in [2.75, 3.05) is 33.8 Å². The highest BCUT2D eigenvalue weighted by Gasteiger charge is 2.30. The minimum atomic E-state index is -0.209. The maximum atomic E-state index is 12.2. The highest BCUT2D eigenvalue weighted by Crippen LogP contribution is 2.22. The van der Waals surface area contributed by atoms with Crippen molar-refractivity contribution in [2.24, 2.45) is 0 Å². The molecule has 4 nitrogen and oxygen atoms in total. The number of rotatable bonds is 4. The predicted octanol–water partition coefficient (Wildman–Crippen LogP) is 1.97. The number of piperazine rings is 1. The molecule has 0 aliphatic carbocycles. The molecule has 1 saturated heterocycles. The van der Waals surface area contributed by atoms with Gasteiger partial charge < -0.3 is 4.74 Å². The van der Waals surface area contributed by atoms with Crippen molar-refractivity contribution >= 4 is 5.97 Å². The topological polar surface area (TPSA) is 32.8 Å². The zero-order chi connectivity index (χ0) is 15.4. The molecule has 1 aliphatic rings. The average Bonchev–Trinajstić information content (AvgIpc) is 2.50. The lowest BCUT2D eigenvalue weighted by Crippen LogP contribution is -2.55. The molecule has 1 aromatic carbocycles. The van der Waals surface area contributed by atoms with Crippen molar-refractivity contribution in [3.05, 3.63) is 35.9 Å². The van der Waals surface area contributed by atoms with Crippen molar-refractivity contribution in [3.63, 3.8) is 0 Å². The van der Waals surface area contributed by atoms with Crippen LogP contribution >= 0.6 is 0 Å². The van der Waals surface area contributed by atoms with Gasteiger partial charge in [-0.3, -0.25) is 14.6 Å². The van der Waals surface area contributed by atoms with Gasteiger partial charge in [0.25, 0.3) is 0 Å². The van der Waals surface area contributed by atoms with Gasteiger partial charge in [-0.15, -0.1) is 0 Å². The second-order valence-electron chi connectivity index (χ2n) is 6.07. The van der Waals surface area contributed by atoms with Crippen LogP contribution in [0.3, 0.4) is 0 Å². The summed E-state index contributed by atoms with van der Waals surface area (Å²) >= 11 is 0. The van der Waals surface area contributed by atoms with Crippen LogP contribution in [0.5, 0.6) is 0 Å². The number of benzene rings is 1. The summed E-state index contributed by atoms with van der Waals surface area (Å²) in [6.45, 7) is 7.16. The molecular formula is C17H26N2O2. The summed E-state index contributed by atoms with van der Waals surface area (Å²) in [5, 5.41) is 0. The minimum Gasteiger partial charge on any atom is -0.469 e. The van der Waals surface area contributed by atoms with Gasteiger partial charge in [0.05, 0.1) is 13.0 Å². The Balaban J connectivity index is 2.11. The molecule has 3 unspecified atom stereocenters. The summed E-state index contributed by atoms with van der Waals surface area (Å²) in [5.74, 6) is -0.362. The summed E-state index contributed by atoms with van der Waals surface area (Å²) in [6.07, 6.45) is 0. The van der Waals surface area contributed by atoms with E-state index in [0.717, 1.165) is 25.2 Å². The lowest BCUT2D eigenvalue weighted by molar-refractivity contribution is -0.143. The first-order valence-electron chi connectivity index (χ1n) is 7.60. The van der Waals surface area contributed by atoms with Gasteiger partial charge in [0.15, 0.2) is 0 Å². The monoisotopic (exact) mass is 290 g/mol. The molecule has 0 bridgehead atoms. The molecule has 1 fully saturated rings. The Kier molecular flexibility index (Phi) is 5.37. The largest absolute Gasteiger partial charge is 0.469 e. The summed E-state index contributed by atoms with van der Waals surface area (Å²) in [5.41, 5.74) is 1.03. The first-order valence-corrected chi connectivity index (χ1v) is 7.60. The third-order valence-corrected chi connectivity index (χ3v) is 4.56. The lowest BCUT2D eigenvalue weighted by Gasteiger charge is -2.43. The molecule has 0 aromatic heterocycles. The zero-order valence-corrected chi connectivity index (χ0v) is 13.5. The smallest absolute Gasteiger partial charge is 0.314 e. The van der Waals surface area contributed by atoms with E-state index in [-0.39, 0.29) is 11.9 Å². The number of ether oxygens (including phenoxy) is 1. The van der Waals surface area contributed by atoms with Crippen LogP contribution in [0.2, 0.25) is 0 Å². The summed E-state index contributed by atoms with van der Waals surface area (Å²) < 4.78 is 5.01. The minimum absolute atomic E-state index is 0.152. The fraction of sp³-hybridized carbons (Fsp3) is 0.588. The van der Waals surface area contributed by atoms with Gasteiger partial charge in [-0.2, -0.15) is 0 Å². The number of methoxy groups -OCH3 is 1. The Hall–Kier alpha value is -1.39. The Bertz CT molecular complexity index is 451. The molecule has 1 aliphatic heterocycles. The van der Waals surface area contributed by atoms with Crippen LogP contribution in [0.15, 0.2) is 30.3 Å². The first kappa shape index (κ1) is 16.0. The molecule has 116 valence electrons. The fourth-order valence-corrected chi connectivity index (χ4v) is 3.06. The quantitative estimate of drug-likeness (QED) is 0.794. The third-order valence-electron chi connectivity index (χ3n) is 4.56. The molecule has 3 atom stereocenters. The molecule has 1 heterocycles. The molecule has 0 radical (unpaired) electrons. The fourth-order valence-electron chi connectivity index (χ4n) is 3.06. The number of esters is 1. The Labute approximate surface area is 127 Å². The molecule has 0 N–H and O–H groups in total. The third kappa shape index (κ3) is 3.83. The predicted molar refractivity (Wildman–Crippen MR) is 84.3 cm³/mol. The van der Waals surface area contributed by atoms with Crippen molar-refractivity contribution in [3.8, 4) is 0 Å². The Morgan fingerprint density at radius 2 is 1.81 bits per heavy atom. The molecule has 0 saturated carbocycles. The van der Waals surface area contributed by atoms with Gasteiger partial charge in [-0.05, 0) is 26.5 Å². The number of hydrogen-bond donors (Lipinski definition) is 0. The molecular weight excluding hydrogens is 264 g/mol.